The Morgan fingerprint density at radius 3 is 2.55 bits per heavy atom. The number of aryl methyl sites for hydroxylation is 1. The Kier molecular flexibility index (Phi) is 4.12. The molecule has 1 N–H and O–H groups in total. The molecule has 6 heteroatoms. The number of hydrogen-bond donors (Lipinski definition) is 1. The molecule has 3 nitrogen and oxygen atoms in total. The Labute approximate surface area is 114 Å². The highest BCUT2D eigenvalue weighted by Crippen LogP contribution is 2.30. The molecule has 1 heterocycles. The number of nitrogens with zero attached hydrogens (tertiary/aromatic N) is 1. The molecule has 0 radical (unpaired) electrons. The van der Waals surface area contributed by atoms with E-state index in [0.717, 1.165) is 11.3 Å². The van der Waals surface area contributed by atoms with E-state index in [2.05, 4.69) is 15.0 Å². The first-order chi connectivity index (χ1) is 9.44. The molecule has 0 aliphatic rings. The van der Waals surface area contributed by atoms with Gasteiger partial charge in [-0.15, -0.1) is 13.2 Å². The van der Waals surface area contributed by atoms with Gasteiger partial charge < -0.3 is 10.1 Å². The molecule has 0 saturated carbocycles. The summed E-state index contributed by atoms with van der Waals surface area (Å²) in [5.41, 5.74) is 2.03. The van der Waals surface area contributed by atoms with E-state index in [1.165, 1.54) is 18.2 Å². The normalized spacial score (nSPS) is 11.2. The van der Waals surface area contributed by atoms with Gasteiger partial charge in [-0.2, -0.15) is 0 Å². The van der Waals surface area contributed by atoms with E-state index in [9.17, 15) is 13.2 Å². The monoisotopic (exact) mass is 282 g/mol. The van der Waals surface area contributed by atoms with Crippen molar-refractivity contribution in [1.29, 1.82) is 0 Å². The summed E-state index contributed by atoms with van der Waals surface area (Å²) in [6, 6.07) is 9.61. The largest absolute Gasteiger partial charge is 0.573 e. The Balaban J connectivity index is 2.07. The number of rotatable bonds is 4. The minimum absolute atomic E-state index is 0.257. The number of pyridine rings is 1. The molecule has 0 aliphatic carbocycles. The molecule has 2 rings (SSSR count). The van der Waals surface area contributed by atoms with Gasteiger partial charge in [0.15, 0.2) is 5.75 Å². The summed E-state index contributed by atoms with van der Waals surface area (Å²) in [4.78, 5) is 4.17. The zero-order chi connectivity index (χ0) is 14.6. The highest BCUT2D eigenvalue weighted by Gasteiger charge is 2.32. The first kappa shape index (κ1) is 14.2. The number of alkyl halides is 3. The lowest BCUT2D eigenvalue weighted by atomic mass is 10.2. The maximum atomic E-state index is 12.3. The van der Waals surface area contributed by atoms with Crippen LogP contribution in [0, 0.1) is 6.92 Å². The van der Waals surface area contributed by atoms with Crippen LogP contribution in [0.3, 0.4) is 0 Å². The Hall–Kier alpha value is -2.24. The topological polar surface area (TPSA) is 34.1 Å². The summed E-state index contributed by atoms with van der Waals surface area (Å²) in [7, 11) is 0. The summed E-state index contributed by atoms with van der Waals surface area (Å²) >= 11 is 0. The molecule has 2 aromatic rings. The van der Waals surface area contributed by atoms with Crippen LogP contribution in [0.4, 0.5) is 18.9 Å². The summed E-state index contributed by atoms with van der Waals surface area (Å²) in [5, 5.41) is 2.88. The van der Waals surface area contributed by atoms with Crippen molar-refractivity contribution in [1.82, 2.24) is 4.98 Å². The highest BCUT2D eigenvalue weighted by molar-refractivity contribution is 5.56. The van der Waals surface area contributed by atoms with E-state index in [4.69, 9.17) is 0 Å². The number of halogens is 3. The molecular formula is C14H13F3N2O. The number of para-hydroxylation sites is 2. The second-order valence-electron chi connectivity index (χ2n) is 4.22. The van der Waals surface area contributed by atoms with E-state index in [1.54, 1.807) is 12.3 Å². The molecule has 106 valence electrons. The minimum atomic E-state index is -4.71. The number of aromatic nitrogens is 1. The number of ether oxygens (including phenoxy) is 1. The van der Waals surface area contributed by atoms with Gasteiger partial charge in [-0.25, -0.2) is 0 Å². The first-order valence-corrected chi connectivity index (χ1v) is 5.94. The zero-order valence-electron chi connectivity index (χ0n) is 10.7. The number of benzene rings is 1. The van der Waals surface area contributed by atoms with Crippen LogP contribution in [-0.2, 0) is 6.54 Å². The van der Waals surface area contributed by atoms with Crippen molar-refractivity contribution in [2.45, 2.75) is 19.8 Å². The van der Waals surface area contributed by atoms with Gasteiger partial charge in [-0.3, -0.25) is 4.98 Å². The second kappa shape index (κ2) is 5.81. The third-order valence-electron chi connectivity index (χ3n) is 2.55. The second-order valence-corrected chi connectivity index (χ2v) is 4.22. The molecule has 20 heavy (non-hydrogen) atoms. The maximum Gasteiger partial charge on any atom is 0.573 e. The molecule has 0 fully saturated rings. The van der Waals surface area contributed by atoms with Crippen LogP contribution in [0.5, 0.6) is 5.75 Å². The fraction of sp³-hybridized carbons (Fsp3) is 0.214. The first-order valence-electron chi connectivity index (χ1n) is 5.94. The van der Waals surface area contributed by atoms with Crippen molar-refractivity contribution in [3.05, 3.63) is 53.9 Å². The van der Waals surface area contributed by atoms with Crippen LogP contribution in [0.15, 0.2) is 42.6 Å². The quantitative estimate of drug-likeness (QED) is 0.923. The summed E-state index contributed by atoms with van der Waals surface area (Å²) in [6.07, 6.45) is -3.00. The van der Waals surface area contributed by atoms with Crippen molar-refractivity contribution in [3.63, 3.8) is 0 Å². The number of anilines is 1. The summed E-state index contributed by atoms with van der Waals surface area (Å²) in [6.45, 7) is 2.23. The molecule has 0 amide bonds. The van der Waals surface area contributed by atoms with Crippen molar-refractivity contribution in [2.75, 3.05) is 5.32 Å². The van der Waals surface area contributed by atoms with Crippen LogP contribution in [0.25, 0.3) is 0 Å². The number of hydrogen-bond acceptors (Lipinski definition) is 3. The van der Waals surface area contributed by atoms with Gasteiger partial charge in [-0.05, 0) is 30.7 Å². The smallest absolute Gasteiger partial charge is 0.404 e. The third kappa shape index (κ3) is 4.15. The van der Waals surface area contributed by atoms with Gasteiger partial charge in [0, 0.05) is 6.20 Å². The Morgan fingerprint density at radius 1 is 1.15 bits per heavy atom. The van der Waals surface area contributed by atoms with Gasteiger partial charge in [-0.1, -0.05) is 18.2 Å². The van der Waals surface area contributed by atoms with Gasteiger partial charge in [0.1, 0.15) is 0 Å². The van der Waals surface area contributed by atoms with E-state index in [-0.39, 0.29) is 11.4 Å². The molecule has 1 aromatic heterocycles. The highest BCUT2D eigenvalue weighted by atomic mass is 19.4. The SMILES string of the molecule is Cc1ccc(CNc2ccccc2OC(F)(F)F)nc1. The van der Waals surface area contributed by atoms with Gasteiger partial charge in [0.25, 0.3) is 0 Å². The molecule has 0 saturated heterocycles. The molecule has 0 unspecified atom stereocenters. The lowest BCUT2D eigenvalue weighted by Crippen LogP contribution is -2.18. The summed E-state index contributed by atoms with van der Waals surface area (Å²) in [5.74, 6) is -0.257. The third-order valence-corrected chi connectivity index (χ3v) is 2.55. The Bertz CT molecular complexity index is 567. The molecule has 0 aliphatic heterocycles. The van der Waals surface area contributed by atoms with Crippen molar-refractivity contribution in [3.8, 4) is 5.75 Å². The molecule has 0 atom stereocenters. The molecule has 1 aromatic carbocycles. The number of nitrogens with one attached hydrogen (secondary N) is 1. The van der Waals surface area contributed by atoms with Gasteiger partial charge >= 0.3 is 6.36 Å². The average molecular weight is 282 g/mol. The fourth-order valence-corrected chi connectivity index (χ4v) is 1.62. The maximum absolute atomic E-state index is 12.3. The average Bonchev–Trinajstić information content (AvgIpc) is 2.38. The van der Waals surface area contributed by atoms with Crippen LogP contribution in [0.1, 0.15) is 11.3 Å². The van der Waals surface area contributed by atoms with Crippen LogP contribution >= 0.6 is 0 Å². The molecule has 0 bridgehead atoms. The zero-order valence-corrected chi connectivity index (χ0v) is 10.7. The minimum Gasteiger partial charge on any atom is -0.404 e. The predicted octanol–water partition coefficient (Wildman–Crippen LogP) is 3.90. The Morgan fingerprint density at radius 2 is 1.90 bits per heavy atom. The van der Waals surface area contributed by atoms with Crippen LogP contribution < -0.4 is 10.1 Å². The van der Waals surface area contributed by atoms with E-state index in [0.29, 0.717) is 6.54 Å². The van der Waals surface area contributed by atoms with Crippen molar-refractivity contribution < 1.29 is 17.9 Å². The molecular weight excluding hydrogens is 269 g/mol. The van der Waals surface area contributed by atoms with Crippen LogP contribution in [-0.4, -0.2) is 11.3 Å². The van der Waals surface area contributed by atoms with Crippen LogP contribution in [0.2, 0.25) is 0 Å². The lowest BCUT2D eigenvalue weighted by Gasteiger charge is -2.14. The van der Waals surface area contributed by atoms with E-state index in [1.807, 2.05) is 19.1 Å². The van der Waals surface area contributed by atoms with Gasteiger partial charge in [0.05, 0.1) is 17.9 Å². The fourth-order valence-electron chi connectivity index (χ4n) is 1.62. The van der Waals surface area contributed by atoms with Gasteiger partial charge in [0.2, 0.25) is 0 Å². The van der Waals surface area contributed by atoms with E-state index >= 15 is 0 Å². The predicted molar refractivity (Wildman–Crippen MR) is 69.4 cm³/mol. The molecule has 0 spiro atoms. The van der Waals surface area contributed by atoms with E-state index < -0.39 is 6.36 Å². The van der Waals surface area contributed by atoms with Crippen molar-refractivity contribution in [2.24, 2.45) is 0 Å². The lowest BCUT2D eigenvalue weighted by molar-refractivity contribution is -0.274. The summed E-state index contributed by atoms with van der Waals surface area (Å²) < 4.78 is 40.8. The van der Waals surface area contributed by atoms with Crippen molar-refractivity contribution >= 4 is 5.69 Å². The standard InChI is InChI=1S/C14H13F3N2O/c1-10-6-7-11(18-8-10)9-19-12-4-2-3-5-13(12)20-14(15,16)17/h2-8,19H,9H2,1H3.